The molecule has 1 N–H and O–H groups in total. The number of morpholine rings is 1. The maximum absolute atomic E-state index is 5.14. The summed E-state index contributed by atoms with van der Waals surface area (Å²) >= 11 is 0. The van der Waals surface area contributed by atoms with Gasteiger partial charge in [0.15, 0.2) is 6.23 Å². The third kappa shape index (κ3) is 1.28. The first-order chi connectivity index (χ1) is 3.93. The van der Waals surface area contributed by atoms with Gasteiger partial charge < -0.3 is 10.1 Å². The van der Waals surface area contributed by atoms with Crippen LogP contribution in [0, 0.1) is 0 Å². The minimum Gasteiger partial charge on any atom is -0.354 e. The van der Waals surface area contributed by atoms with Crippen LogP contribution < -0.4 is 5.32 Å². The standard InChI is InChI=1S/C5H10N2O/c1-6-5-4-7-2-3-8-5/h5,7H,1-4H2. The summed E-state index contributed by atoms with van der Waals surface area (Å²) in [5, 5.41) is 3.13. The van der Waals surface area contributed by atoms with E-state index in [1.54, 1.807) is 0 Å². The van der Waals surface area contributed by atoms with E-state index in [0.29, 0.717) is 0 Å². The fourth-order valence-corrected chi connectivity index (χ4v) is 0.669. The van der Waals surface area contributed by atoms with Crippen molar-refractivity contribution >= 4 is 6.72 Å². The molecule has 1 fully saturated rings. The summed E-state index contributed by atoms with van der Waals surface area (Å²) in [6, 6.07) is 0. The van der Waals surface area contributed by atoms with E-state index < -0.39 is 0 Å². The Morgan fingerprint density at radius 1 is 1.75 bits per heavy atom. The molecule has 1 unspecified atom stereocenters. The molecule has 3 nitrogen and oxygen atoms in total. The SMILES string of the molecule is C=NC1CNCCO1. The van der Waals surface area contributed by atoms with E-state index in [2.05, 4.69) is 17.0 Å². The molecule has 0 aliphatic carbocycles. The van der Waals surface area contributed by atoms with Crippen LogP contribution in [-0.4, -0.2) is 32.6 Å². The van der Waals surface area contributed by atoms with Crippen molar-refractivity contribution in [3.05, 3.63) is 0 Å². The zero-order valence-corrected chi connectivity index (χ0v) is 4.76. The molecule has 1 saturated heterocycles. The fourth-order valence-electron chi connectivity index (χ4n) is 0.669. The van der Waals surface area contributed by atoms with E-state index in [1.165, 1.54) is 0 Å². The van der Waals surface area contributed by atoms with E-state index >= 15 is 0 Å². The van der Waals surface area contributed by atoms with Gasteiger partial charge in [-0.1, -0.05) is 0 Å². The van der Waals surface area contributed by atoms with Crippen LogP contribution in [-0.2, 0) is 4.74 Å². The highest BCUT2D eigenvalue weighted by Gasteiger charge is 2.08. The average Bonchev–Trinajstić information content (AvgIpc) is 1.90. The maximum atomic E-state index is 5.14. The summed E-state index contributed by atoms with van der Waals surface area (Å²) < 4.78 is 5.14. The van der Waals surface area contributed by atoms with Crippen LogP contribution in [0.1, 0.15) is 0 Å². The van der Waals surface area contributed by atoms with Crippen molar-refractivity contribution in [1.82, 2.24) is 5.32 Å². The van der Waals surface area contributed by atoms with Gasteiger partial charge in [0.05, 0.1) is 6.61 Å². The second-order valence-electron chi connectivity index (χ2n) is 1.71. The highest BCUT2D eigenvalue weighted by molar-refractivity contribution is 5.23. The minimum atomic E-state index is -0.0104. The lowest BCUT2D eigenvalue weighted by Crippen LogP contribution is -2.37. The summed E-state index contributed by atoms with van der Waals surface area (Å²) in [4.78, 5) is 3.71. The molecular formula is C5H10N2O. The lowest BCUT2D eigenvalue weighted by atomic mass is 10.5. The predicted molar refractivity (Wildman–Crippen MR) is 32.2 cm³/mol. The van der Waals surface area contributed by atoms with Crippen LogP contribution in [0.15, 0.2) is 4.99 Å². The predicted octanol–water partition coefficient (Wildman–Crippen LogP) is -0.367. The lowest BCUT2D eigenvalue weighted by molar-refractivity contribution is 0.0354. The first-order valence-electron chi connectivity index (χ1n) is 2.71. The molecule has 0 aromatic carbocycles. The molecule has 1 aliphatic rings. The molecule has 1 heterocycles. The van der Waals surface area contributed by atoms with Crippen molar-refractivity contribution in [2.45, 2.75) is 6.23 Å². The van der Waals surface area contributed by atoms with Crippen LogP contribution in [0.3, 0.4) is 0 Å². The van der Waals surface area contributed by atoms with E-state index in [1.807, 2.05) is 0 Å². The number of nitrogens with one attached hydrogen (secondary N) is 1. The largest absolute Gasteiger partial charge is 0.354 e. The van der Waals surface area contributed by atoms with Gasteiger partial charge in [-0.05, 0) is 6.72 Å². The molecule has 1 aliphatic heterocycles. The van der Waals surface area contributed by atoms with Gasteiger partial charge in [-0.2, -0.15) is 0 Å². The smallest absolute Gasteiger partial charge is 0.159 e. The second-order valence-corrected chi connectivity index (χ2v) is 1.71. The van der Waals surface area contributed by atoms with Crippen molar-refractivity contribution in [1.29, 1.82) is 0 Å². The van der Waals surface area contributed by atoms with Gasteiger partial charge in [-0.15, -0.1) is 0 Å². The van der Waals surface area contributed by atoms with Crippen LogP contribution in [0.25, 0.3) is 0 Å². The highest BCUT2D eigenvalue weighted by Crippen LogP contribution is 1.94. The quantitative estimate of drug-likeness (QED) is 0.472. The van der Waals surface area contributed by atoms with E-state index in [9.17, 15) is 0 Å². The van der Waals surface area contributed by atoms with Crippen LogP contribution >= 0.6 is 0 Å². The van der Waals surface area contributed by atoms with E-state index in [0.717, 1.165) is 19.7 Å². The number of hydrogen-bond donors (Lipinski definition) is 1. The molecule has 0 radical (unpaired) electrons. The van der Waals surface area contributed by atoms with E-state index in [-0.39, 0.29) is 6.23 Å². The second kappa shape index (κ2) is 2.79. The Kier molecular flexibility index (Phi) is 2.00. The third-order valence-corrected chi connectivity index (χ3v) is 1.11. The van der Waals surface area contributed by atoms with Crippen molar-refractivity contribution in [3.63, 3.8) is 0 Å². The number of ether oxygens (including phenoxy) is 1. The molecule has 0 spiro atoms. The highest BCUT2D eigenvalue weighted by atomic mass is 16.5. The normalized spacial score (nSPS) is 29.8. The zero-order valence-electron chi connectivity index (χ0n) is 4.76. The van der Waals surface area contributed by atoms with Gasteiger partial charge in [0.25, 0.3) is 0 Å². The molecule has 0 aromatic heterocycles. The van der Waals surface area contributed by atoms with E-state index in [4.69, 9.17) is 4.74 Å². The Bertz CT molecular complexity index is 78.5. The third-order valence-electron chi connectivity index (χ3n) is 1.11. The molecular weight excluding hydrogens is 104 g/mol. The van der Waals surface area contributed by atoms with Gasteiger partial charge in [-0.25, -0.2) is 0 Å². The Morgan fingerprint density at radius 3 is 3.00 bits per heavy atom. The Morgan fingerprint density at radius 2 is 2.62 bits per heavy atom. The van der Waals surface area contributed by atoms with Gasteiger partial charge in [0.2, 0.25) is 0 Å². The van der Waals surface area contributed by atoms with Gasteiger partial charge in [0.1, 0.15) is 0 Å². The van der Waals surface area contributed by atoms with Crippen LogP contribution in [0.5, 0.6) is 0 Å². The summed E-state index contributed by atoms with van der Waals surface area (Å²) in [6.45, 7) is 5.87. The van der Waals surface area contributed by atoms with Gasteiger partial charge >= 0.3 is 0 Å². The number of rotatable bonds is 1. The molecule has 8 heavy (non-hydrogen) atoms. The summed E-state index contributed by atoms with van der Waals surface area (Å²) in [6.07, 6.45) is -0.0104. The van der Waals surface area contributed by atoms with Crippen LogP contribution in [0.2, 0.25) is 0 Å². The van der Waals surface area contributed by atoms with Crippen molar-refractivity contribution in [2.75, 3.05) is 19.7 Å². The Hall–Kier alpha value is -0.410. The maximum Gasteiger partial charge on any atom is 0.159 e. The molecule has 0 bridgehead atoms. The summed E-state index contributed by atoms with van der Waals surface area (Å²) in [7, 11) is 0. The van der Waals surface area contributed by atoms with Crippen molar-refractivity contribution in [2.24, 2.45) is 4.99 Å². The minimum absolute atomic E-state index is 0.0104. The molecule has 0 saturated carbocycles. The average molecular weight is 114 g/mol. The molecule has 46 valence electrons. The Labute approximate surface area is 48.8 Å². The lowest BCUT2D eigenvalue weighted by Gasteiger charge is -2.18. The van der Waals surface area contributed by atoms with Crippen LogP contribution in [0.4, 0.5) is 0 Å². The zero-order chi connectivity index (χ0) is 5.82. The number of nitrogens with zero attached hydrogens (tertiary/aromatic N) is 1. The fraction of sp³-hybridized carbons (Fsp3) is 0.800. The molecule has 1 atom stereocenters. The summed E-state index contributed by atoms with van der Waals surface area (Å²) in [5.41, 5.74) is 0. The monoisotopic (exact) mass is 114 g/mol. The first-order valence-corrected chi connectivity index (χ1v) is 2.71. The summed E-state index contributed by atoms with van der Waals surface area (Å²) in [5.74, 6) is 0. The first kappa shape index (κ1) is 5.72. The molecule has 3 heteroatoms. The molecule has 0 aromatic rings. The number of hydrogen-bond acceptors (Lipinski definition) is 3. The number of aliphatic imine (C=N–C) groups is 1. The molecule has 1 rings (SSSR count). The topological polar surface area (TPSA) is 33.6 Å². The van der Waals surface area contributed by atoms with Gasteiger partial charge in [0, 0.05) is 13.1 Å². The molecule has 0 amide bonds. The van der Waals surface area contributed by atoms with Crippen molar-refractivity contribution in [3.8, 4) is 0 Å². The van der Waals surface area contributed by atoms with Gasteiger partial charge in [-0.3, -0.25) is 4.99 Å². The Balaban J connectivity index is 2.22. The van der Waals surface area contributed by atoms with Crippen molar-refractivity contribution < 1.29 is 4.74 Å².